The molecule has 6 nitrogen and oxygen atoms in total. The lowest BCUT2D eigenvalue weighted by atomic mass is 9.85. The van der Waals surface area contributed by atoms with E-state index in [0.717, 1.165) is 6.07 Å². The van der Waals surface area contributed by atoms with Crippen LogP contribution in [0, 0.1) is 10.1 Å². The van der Waals surface area contributed by atoms with Crippen LogP contribution in [0.25, 0.3) is 0 Å². The number of rotatable bonds is 4. The summed E-state index contributed by atoms with van der Waals surface area (Å²) in [5.74, 6) is -1.81. The SMILES string of the molecule is O=C(O)[C@@](O)(c1ccccc1)c1ccc([N+](=O)[O-])c(C(F)(F)F)c1. The van der Waals surface area contributed by atoms with Crippen molar-refractivity contribution in [1.29, 1.82) is 0 Å². The van der Waals surface area contributed by atoms with E-state index in [4.69, 9.17) is 0 Å². The van der Waals surface area contributed by atoms with Gasteiger partial charge in [0.15, 0.2) is 0 Å². The smallest absolute Gasteiger partial charge is 0.423 e. The zero-order chi connectivity index (χ0) is 18.1. The van der Waals surface area contributed by atoms with Gasteiger partial charge in [0, 0.05) is 11.6 Å². The van der Waals surface area contributed by atoms with Gasteiger partial charge in [-0.2, -0.15) is 13.2 Å². The van der Waals surface area contributed by atoms with Crippen molar-refractivity contribution in [1.82, 2.24) is 0 Å². The Morgan fingerprint density at radius 2 is 1.62 bits per heavy atom. The highest BCUT2D eigenvalue weighted by atomic mass is 19.4. The summed E-state index contributed by atoms with van der Waals surface area (Å²) in [4.78, 5) is 21.1. The molecule has 24 heavy (non-hydrogen) atoms. The number of aliphatic carboxylic acids is 1. The van der Waals surface area contributed by atoms with Gasteiger partial charge in [-0.1, -0.05) is 30.3 Å². The summed E-state index contributed by atoms with van der Waals surface area (Å²) in [5.41, 5.74) is -6.47. The number of hydrogen-bond donors (Lipinski definition) is 2. The zero-order valence-electron chi connectivity index (χ0n) is 11.8. The van der Waals surface area contributed by atoms with Crippen molar-refractivity contribution in [2.45, 2.75) is 11.8 Å². The van der Waals surface area contributed by atoms with Gasteiger partial charge in [-0.05, 0) is 17.7 Å². The molecule has 2 aromatic carbocycles. The Morgan fingerprint density at radius 1 is 1.04 bits per heavy atom. The third-order valence-corrected chi connectivity index (χ3v) is 3.42. The molecule has 0 bridgehead atoms. The molecular weight excluding hydrogens is 331 g/mol. The fourth-order valence-corrected chi connectivity index (χ4v) is 2.24. The minimum absolute atomic E-state index is 0.181. The Hall–Kier alpha value is -2.94. The van der Waals surface area contributed by atoms with E-state index in [1.54, 1.807) is 0 Å². The van der Waals surface area contributed by atoms with Gasteiger partial charge in [-0.15, -0.1) is 0 Å². The predicted molar refractivity (Wildman–Crippen MR) is 75.2 cm³/mol. The first-order valence-electron chi connectivity index (χ1n) is 6.46. The van der Waals surface area contributed by atoms with Crippen LogP contribution in [0.3, 0.4) is 0 Å². The number of halogens is 3. The van der Waals surface area contributed by atoms with Crippen LogP contribution in [-0.4, -0.2) is 21.1 Å². The van der Waals surface area contributed by atoms with E-state index in [9.17, 15) is 38.3 Å². The second kappa shape index (κ2) is 5.93. The highest BCUT2D eigenvalue weighted by molar-refractivity contribution is 5.84. The van der Waals surface area contributed by atoms with E-state index in [1.165, 1.54) is 30.3 Å². The summed E-state index contributed by atoms with van der Waals surface area (Å²) in [6.07, 6.45) is -5.09. The average Bonchev–Trinajstić information content (AvgIpc) is 2.53. The van der Waals surface area contributed by atoms with Crippen LogP contribution in [0.2, 0.25) is 0 Å². The number of nitro groups is 1. The number of carboxylic acids is 1. The van der Waals surface area contributed by atoms with Crippen molar-refractivity contribution in [3.05, 3.63) is 75.3 Å². The third kappa shape index (κ3) is 2.93. The minimum atomic E-state index is -5.09. The summed E-state index contributed by atoms with van der Waals surface area (Å²) < 4.78 is 39.1. The van der Waals surface area contributed by atoms with E-state index in [2.05, 4.69) is 0 Å². The molecule has 0 unspecified atom stereocenters. The summed E-state index contributed by atoms with van der Waals surface area (Å²) >= 11 is 0. The molecule has 0 fully saturated rings. The van der Waals surface area contributed by atoms with Gasteiger partial charge < -0.3 is 10.2 Å². The molecule has 0 saturated heterocycles. The van der Waals surface area contributed by atoms with E-state index in [-0.39, 0.29) is 11.6 Å². The van der Waals surface area contributed by atoms with Gasteiger partial charge in [0.05, 0.1) is 4.92 Å². The van der Waals surface area contributed by atoms with Crippen LogP contribution >= 0.6 is 0 Å². The molecule has 1 atom stereocenters. The van der Waals surface area contributed by atoms with Gasteiger partial charge in [-0.25, -0.2) is 4.79 Å². The van der Waals surface area contributed by atoms with E-state index < -0.39 is 39.5 Å². The molecule has 0 saturated carbocycles. The zero-order valence-corrected chi connectivity index (χ0v) is 11.8. The summed E-state index contributed by atoms with van der Waals surface area (Å²) in [6, 6.07) is 8.37. The molecule has 126 valence electrons. The van der Waals surface area contributed by atoms with E-state index in [1.807, 2.05) is 0 Å². The molecule has 0 aromatic heterocycles. The molecule has 0 aliphatic rings. The Bertz CT molecular complexity index is 791. The van der Waals surface area contributed by atoms with Crippen molar-refractivity contribution in [3.8, 4) is 0 Å². The van der Waals surface area contributed by atoms with Crippen molar-refractivity contribution in [3.63, 3.8) is 0 Å². The highest BCUT2D eigenvalue weighted by Gasteiger charge is 2.44. The maximum absolute atomic E-state index is 13.0. The number of alkyl halides is 3. The van der Waals surface area contributed by atoms with Crippen molar-refractivity contribution in [2.24, 2.45) is 0 Å². The van der Waals surface area contributed by atoms with Gasteiger partial charge in [0.2, 0.25) is 5.60 Å². The number of nitrogens with zero attached hydrogens (tertiary/aromatic N) is 1. The standard InChI is InChI=1S/C15H10F3NO5/c16-15(17,18)11-8-10(6-7-12(11)19(23)24)14(22,13(20)21)9-4-2-1-3-5-9/h1-8,22H,(H,20,21)/t14-/m1/s1. The van der Waals surface area contributed by atoms with Crippen LogP contribution in [0.15, 0.2) is 48.5 Å². The lowest BCUT2D eigenvalue weighted by Crippen LogP contribution is -2.37. The lowest BCUT2D eigenvalue weighted by Gasteiger charge is -2.25. The predicted octanol–water partition coefficient (Wildman–Crippen LogP) is 2.93. The molecule has 2 rings (SSSR count). The second-order valence-corrected chi connectivity index (χ2v) is 4.87. The minimum Gasteiger partial charge on any atom is -0.479 e. The maximum atomic E-state index is 13.0. The molecular formula is C15H10F3NO5. The highest BCUT2D eigenvalue weighted by Crippen LogP contribution is 2.40. The fourth-order valence-electron chi connectivity index (χ4n) is 2.24. The van der Waals surface area contributed by atoms with Crippen LogP contribution in [0.1, 0.15) is 16.7 Å². The first kappa shape index (κ1) is 17.4. The Labute approximate surface area is 132 Å². The number of nitro benzene ring substituents is 1. The van der Waals surface area contributed by atoms with Gasteiger partial charge in [0.1, 0.15) is 5.56 Å². The molecule has 0 aliphatic heterocycles. The molecule has 0 heterocycles. The summed E-state index contributed by atoms with van der Waals surface area (Å²) in [6.45, 7) is 0. The van der Waals surface area contributed by atoms with Gasteiger partial charge in [0.25, 0.3) is 5.69 Å². The largest absolute Gasteiger partial charge is 0.479 e. The molecule has 9 heteroatoms. The first-order valence-corrected chi connectivity index (χ1v) is 6.46. The quantitative estimate of drug-likeness (QED) is 0.658. The van der Waals surface area contributed by atoms with Crippen LogP contribution in [-0.2, 0) is 16.6 Å². The van der Waals surface area contributed by atoms with Crippen molar-refractivity contribution in [2.75, 3.05) is 0 Å². The molecule has 2 aromatic rings. The van der Waals surface area contributed by atoms with Gasteiger partial charge in [-0.3, -0.25) is 10.1 Å². The van der Waals surface area contributed by atoms with Crippen LogP contribution in [0.5, 0.6) is 0 Å². The van der Waals surface area contributed by atoms with E-state index >= 15 is 0 Å². The number of carboxylic acid groups (broad SMARTS) is 1. The molecule has 0 radical (unpaired) electrons. The Balaban J connectivity index is 2.74. The van der Waals surface area contributed by atoms with Crippen molar-refractivity contribution < 1.29 is 33.1 Å². The normalized spacial score (nSPS) is 14.0. The second-order valence-electron chi connectivity index (χ2n) is 4.87. The molecule has 2 N–H and O–H groups in total. The molecule has 0 amide bonds. The van der Waals surface area contributed by atoms with E-state index in [0.29, 0.717) is 6.07 Å². The lowest BCUT2D eigenvalue weighted by molar-refractivity contribution is -0.388. The van der Waals surface area contributed by atoms with Crippen molar-refractivity contribution >= 4 is 11.7 Å². The summed E-state index contributed by atoms with van der Waals surface area (Å²) in [7, 11) is 0. The average molecular weight is 341 g/mol. The Morgan fingerprint density at radius 3 is 2.08 bits per heavy atom. The Kier molecular flexibility index (Phi) is 4.30. The number of carbonyl (C=O) groups is 1. The number of benzene rings is 2. The topological polar surface area (TPSA) is 101 Å². The molecule has 0 aliphatic carbocycles. The monoisotopic (exact) mass is 341 g/mol. The third-order valence-electron chi connectivity index (χ3n) is 3.42. The van der Waals surface area contributed by atoms with Crippen LogP contribution < -0.4 is 0 Å². The fraction of sp³-hybridized carbons (Fsp3) is 0.133. The molecule has 0 spiro atoms. The number of hydrogen-bond acceptors (Lipinski definition) is 4. The first-order chi connectivity index (χ1) is 11.1. The van der Waals surface area contributed by atoms with Crippen LogP contribution in [0.4, 0.5) is 18.9 Å². The van der Waals surface area contributed by atoms with Gasteiger partial charge >= 0.3 is 12.1 Å². The summed E-state index contributed by atoms with van der Waals surface area (Å²) in [5, 5.41) is 30.6. The maximum Gasteiger partial charge on any atom is 0.423 e. The number of aliphatic hydroxyl groups is 1.